The number of hydrogen-bond donors (Lipinski definition) is 1. The van der Waals surface area contributed by atoms with E-state index in [9.17, 15) is 18.8 Å². The number of nitrogens with one attached hydrogen (secondary N) is 1. The zero-order valence-corrected chi connectivity index (χ0v) is 13.7. The SMILES string of the molecule is COc1ccc(C(=O)[C@H](C)n2cnc3c2c(=O)[nH]c(=O)n3C)c(F)c1. The van der Waals surface area contributed by atoms with E-state index in [2.05, 4.69) is 9.97 Å². The third kappa shape index (κ3) is 2.63. The first-order valence-corrected chi connectivity index (χ1v) is 7.38. The number of imidazole rings is 1. The van der Waals surface area contributed by atoms with Crippen molar-refractivity contribution in [3.05, 3.63) is 56.7 Å². The molecule has 1 atom stereocenters. The molecule has 3 rings (SSSR count). The van der Waals surface area contributed by atoms with Crippen LogP contribution in [-0.2, 0) is 7.05 Å². The lowest BCUT2D eigenvalue weighted by Gasteiger charge is -2.14. The number of nitrogens with zero attached hydrogens (tertiary/aromatic N) is 3. The average Bonchev–Trinajstić information content (AvgIpc) is 3.04. The highest BCUT2D eigenvalue weighted by Crippen LogP contribution is 2.22. The van der Waals surface area contributed by atoms with Crippen molar-refractivity contribution in [3.8, 4) is 5.75 Å². The van der Waals surface area contributed by atoms with Crippen LogP contribution in [-0.4, -0.2) is 32.0 Å². The van der Waals surface area contributed by atoms with Gasteiger partial charge >= 0.3 is 5.69 Å². The van der Waals surface area contributed by atoms with E-state index in [0.717, 1.165) is 6.07 Å². The Morgan fingerprint density at radius 3 is 2.72 bits per heavy atom. The fraction of sp³-hybridized carbons (Fsp3) is 0.250. The first-order chi connectivity index (χ1) is 11.8. The first-order valence-electron chi connectivity index (χ1n) is 7.38. The fourth-order valence-corrected chi connectivity index (χ4v) is 2.62. The maximum absolute atomic E-state index is 14.2. The van der Waals surface area contributed by atoms with Gasteiger partial charge in [-0.15, -0.1) is 0 Å². The first kappa shape index (κ1) is 16.6. The van der Waals surface area contributed by atoms with Crippen LogP contribution in [0.3, 0.4) is 0 Å². The number of rotatable bonds is 4. The molecule has 0 saturated heterocycles. The average molecular weight is 346 g/mol. The summed E-state index contributed by atoms with van der Waals surface area (Å²) in [6.45, 7) is 1.53. The molecular weight excluding hydrogens is 331 g/mol. The van der Waals surface area contributed by atoms with Crippen LogP contribution in [0.5, 0.6) is 5.75 Å². The Hall–Kier alpha value is -3.23. The van der Waals surface area contributed by atoms with Crippen LogP contribution in [0.25, 0.3) is 11.2 Å². The molecule has 3 aromatic rings. The number of Topliss-reactive ketones (excluding diaryl/α,β-unsaturated/α-hetero) is 1. The monoisotopic (exact) mass is 346 g/mol. The molecular formula is C16H15FN4O4. The number of hydrogen-bond acceptors (Lipinski definition) is 5. The summed E-state index contributed by atoms with van der Waals surface area (Å²) in [6, 6.07) is 3.02. The second kappa shape index (κ2) is 6.00. The quantitative estimate of drug-likeness (QED) is 0.711. The van der Waals surface area contributed by atoms with Gasteiger partial charge in [-0.2, -0.15) is 0 Å². The van der Waals surface area contributed by atoms with E-state index in [1.807, 2.05) is 0 Å². The molecule has 8 nitrogen and oxygen atoms in total. The predicted octanol–water partition coefficient (Wildman–Crippen LogP) is 1.01. The smallest absolute Gasteiger partial charge is 0.329 e. The number of aromatic amines is 1. The molecule has 2 heterocycles. The molecule has 0 saturated carbocycles. The summed E-state index contributed by atoms with van der Waals surface area (Å²) in [7, 11) is 2.85. The summed E-state index contributed by atoms with van der Waals surface area (Å²) < 4.78 is 21.6. The maximum atomic E-state index is 14.2. The third-order valence-corrected chi connectivity index (χ3v) is 4.07. The van der Waals surface area contributed by atoms with Crippen LogP contribution in [0, 0.1) is 5.82 Å². The molecule has 0 aliphatic carbocycles. The largest absolute Gasteiger partial charge is 0.497 e. The number of fused-ring (bicyclic) bond motifs is 1. The Morgan fingerprint density at radius 1 is 1.36 bits per heavy atom. The standard InChI is InChI=1S/C16H15FN4O4/c1-8(13(22)10-5-4-9(25-3)6-11(10)17)21-7-18-14-12(21)15(23)19-16(24)20(14)2/h4-8H,1-3H3,(H,19,23,24)/t8-/m0/s1. The van der Waals surface area contributed by atoms with Crippen molar-refractivity contribution in [1.29, 1.82) is 0 Å². The minimum Gasteiger partial charge on any atom is -0.497 e. The normalized spacial score (nSPS) is 12.3. The number of benzene rings is 1. The number of ketones is 1. The highest BCUT2D eigenvalue weighted by Gasteiger charge is 2.24. The van der Waals surface area contributed by atoms with E-state index in [0.29, 0.717) is 5.75 Å². The van der Waals surface area contributed by atoms with Gasteiger partial charge in [0.15, 0.2) is 16.9 Å². The second-order valence-corrected chi connectivity index (χ2v) is 5.53. The number of methoxy groups -OCH3 is 1. The predicted molar refractivity (Wildman–Crippen MR) is 87.6 cm³/mol. The van der Waals surface area contributed by atoms with Crippen LogP contribution in [0.1, 0.15) is 23.3 Å². The van der Waals surface area contributed by atoms with Crippen molar-refractivity contribution in [2.75, 3.05) is 7.11 Å². The number of H-pyrrole nitrogens is 1. The van der Waals surface area contributed by atoms with E-state index in [-0.39, 0.29) is 16.7 Å². The Morgan fingerprint density at radius 2 is 2.08 bits per heavy atom. The van der Waals surface area contributed by atoms with E-state index in [1.165, 1.54) is 48.7 Å². The number of carbonyl (C=O) groups is 1. The summed E-state index contributed by atoms with van der Waals surface area (Å²) >= 11 is 0. The minimum absolute atomic E-state index is 0.0665. The number of aryl methyl sites for hydroxylation is 1. The molecule has 9 heteroatoms. The second-order valence-electron chi connectivity index (χ2n) is 5.53. The third-order valence-electron chi connectivity index (χ3n) is 4.07. The Balaban J connectivity index is 2.10. The van der Waals surface area contributed by atoms with Crippen molar-refractivity contribution in [2.45, 2.75) is 13.0 Å². The molecule has 25 heavy (non-hydrogen) atoms. The zero-order chi connectivity index (χ0) is 18.3. The van der Waals surface area contributed by atoms with Gasteiger partial charge < -0.3 is 9.30 Å². The topological polar surface area (TPSA) is 99.0 Å². The molecule has 0 radical (unpaired) electrons. The highest BCUT2D eigenvalue weighted by atomic mass is 19.1. The van der Waals surface area contributed by atoms with Crippen molar-refractivity contribution < 1.29 is 13.9 Å². The summed E-state index contributed by atoms with van der Waals surface area (Å²) in [4.78, 5) is 42.6. The van der Waals surface area contributed by atoms with Gasteiger partial charge in [-0.3, -0.25) is 19.1 Å². The van der Waals surface area contributed by atoms with Gasteiger partial charge in [0.25, 0.3) is 5.56 Å². The molecule has 0 unspecified atom stereocenters. The van der Waals surface area contributed by atoms with Crippen LogP contribution < -0.4 is 16.0 Å². The maximum Gasteiger partial charge on any atom is 0.329 e. The van der Waals surface area contributed by atoms with E-state index < -0.39 is 28.9 Å². The van der Waals surface area contributed by atoms with Gasteiger partial charge in [-0.25, -0.2) is 14.2 Å². The summed E-state index contributed by atoms with van der Waals surface area (Å²) in [5, 5.41) is 0. The van der Waals surface area contributed by atoms with Gasteiger partial charge in [-0.05, 0) is 19.1 Å². The van der Waals surface area contributed by atoms with Crippen molar-refractivity contribution in [1.82, 2.24) is 19.1 Å². The molecule has 0 spiro atoms. The Labute approximate surface area is 140 Å². The molecule has 0 aliphatic rings. The van der Waals surface area contributed by atoms with Crippen LogP contribution in [0.15, 0.2) is 34.1 Å². The molecule has 130 valence electrons. The lowest BCUT2D eigenvalue weighted by atomic mass is 10.0. The van der Waals surface area contributed by atoms with Gasteiger partial charge in [-0.1, -0.05) is 0 Å². The van der Waals surface area contributed by atoms with E-state index >= 15 is 0 Å². The molecule has 1 aromatic carbocycles. The van der Waals surface area contributed by atoms with Gasteiger partial charge in [0.05, 0.1) is 25.0 Å². The van der Waals surface area contributed by atoms with Crippen LogP contribution in [0.2, 0.25) is 0 Å². The molecule has 1 N–H and O–H groups in total. The van der Waals surface area contributed by atoms with Crippen LogP contribution in [0.4, 0.5) is 4.39 Å². The number of carbonyl (C=O) groups excluding carboxylic acids is 1. The van der Waals surface area contributed by atoms with Crippen molar-refractivity contribution in [2.24, 2.45) is 7.05 Å². The fourth-order valence-electron chi connectivity index (χ4n) is 2.62. The number of halogens is 1. The lowest BCUT2D eigenvalue weighted by Crippen LogP contribution is -2.30. The lowest BCUT2D eigenvalue weighted by molar-refractivity contribution is 0.0932. The van der Waals surface area contributed by atoms with Crippen molar-refractivity contribution >= 4 is 16.9 Å². The van der Waals surface area contributed by atoms with Gasteiger partial charge in [0.2, 0.25) is 0 Å². The molecule has 0 bridgehead atoms. The summed E-state index contributed by atoms with van der Waals surface area (Å²) in [5.74, 6) is -0.962. The molecule has 0 amide bonds. The zero-order valence-electron chi connectivity index (χ0n) is 13.7. The molecule has 2 aromatic heterocycles. The minimum atomic E-state index is -0.897. The Bertz CT molecular complexity index is 1100. The van der Waals surface area contributed by atoms with E-state index in [4.69, 9.17) is 4.74 Å². The van der Waals surface area contributed by atoms with Gasteiger partial charge in [0.1, 0.15) is 11.6 Å². The number of aromatic nitrogens is 4. The summed E-state index contributed by atoms with van der Waals surface area (Å²) in [5.41, 5.74) is -1.19. The molecule has 0 aliphatic heterocycles. The Kier molecular flexibility index (Phi) is 3.99. The number of ether oxygens (including phenoxy) is 1. The highest BCUT2D eigenvalue weighted by molar-refractivity contribution is 5.99. The van der Waals surface area contributed by atoms with Crippen molar-refractivity contribution in [3.63, 3.8) is 0 Å². The van der Waals surface area contributed by atoms with E-state index in [1.54, 1.807) is 0 Å². The van der Waals surface area contributed by atoms with Gasteiger partial charge in [0, 0.05) is 13.1 Å². The molecule has 0 fully saturated rings. The summed E-state index contributed by atoms with van der Waals surface area (Å²) in [6.07, 6.45) is 1.28. The van der Waals surface area contributed by atoms with Crippen LogP contribution >= 0.6 is 0 Å².